The van der Waals surface area contributed by atoms with E-state index in [0.29, 0.717) is 21.4 Å². The van der Waals surface area contributed by atoms with Crippen LogP contribution in [-0.2, 0) is 19.2 Å². The molecule has 0 unspecified atom stereocenters. The highest BCUT2D eigenvalue weighted by Crippen LogP contribution is 2.58. The van der Waals surface area contributed by atoms with Gasteiger partial charge in [0, 0.05) is 21.9 Å². The van der Waals surface area contributed by atoms with Gasteiger partial charge in [0.1, 0.15) is 0 Å². The molecule has 32 heavy (non-hydrogen) atoms. The number of hydrogen-bond donors (Lipinski definition) is 0. The number of halogens is 2. The van der Waals surface area contributed by atoms with Gasteiger partial charge >= 0.3 is 0 Å². The summed E-state index contributed by atoms with van der Waals surface area (Å²) in [5.41, 5.74) is 0.896. The predicted molar refractivity (Wildman–Crippen MR) is 118 cm³/mol. The summed E-state index contributed by atoms with van der Waals surface area (Å²) in [6, 6.07) is 13.0. The Morgan fingerprint density at radius 3 is 1.06 bits per heavy atom. The molecular formula is C24H16Cl2N2O4. The second kappa shape index (κ2) is 6.77. The first kappa shape index (κ1) is 19.7. The topological polar surface area (TPSA) is 74.8 Å². The molecule has 0 aromatic heterocycles. The lowest BCUT2D eigenvalue weighted by molar-refractivity contribution is -0.137. The Morgan fingerprint density at radius 1 is 0.500 bits per heavy atom. The van der Waals surface area contributed by atoms with Gasteiger partial charge in [0.25, 0.3) is 0 Å². The van der Waals surface area contributed by atoms with E-state index in [1.54, 1.807) is 48.5 Å². The lowest BCUT2D eigenvalue weighted by Crippen LogP contribution is -2.50. The van der Waals surface area contributed by atoms with Crippen LogP contribution in [0, 0.1) is 35.5 Å². The Hall–Kier alpha value is -2.96. The van der Waals surface area contributed by atoms with E-state index in [0.717, 1.165) is 0 Å². The van der Waals surface area contributed by atoms with Gasteiger partial charge in [0.05, 0.1) is 35.0 Å². The summed E-state index contributed by atoms with van der Waals surface area (Å²) in [6.07, 6.45) is 3.69. The van der Waals surface area contributed by atoms with Gasteiger partial charge in [-0.25, -0.2) is 0 Å². The number of carbonyl (C=O) groups excluding carboxylic acids is 4. The van der Waals surface area contributed by atoms with Crippen LogP contribution in [0.4, 0.5) is 11.4 Å². The maximum atomic E-state index is 13.4. The summed E-state index contributed by atoms with van der Waals surface area (Å²) in [6.45, 7) is 0. The van der Waals surface area contributed by atoms with Gasteiger partial charge in [-0.2, -0.15) is 0 Å². The molecule has 0 N–H and O–H groups in total. The van der Waals surface area contributed by atoms with Crippen molar-refractivity contribution in [2.24, 2.45) is 35.5 Å². The number of allylic oxidation sites excluding steroid dienone is 2. The number of hydrogen-bond acceptors (Lipinski definition) is 4. The van der Waals surface area contributed by atoms with Crippen LogP contribution >= 0.6 is 23.2 Å². The highest BCUT2D eigenvalue weighted by Gasteiger charge is 2.68. The second-order valence-corrected chi connectivity index (χ2v) is 9.49. The van der Waals surface area contributed by atoms with Crippen molar-refractivity contribution in [3.63, 3.8) is 0 Å². The summed E-state index contributed by atoms with van der Waals surface area (Å²) < 4.78 is 0. The fourth-order valence-electron chi connectivity index (χ4n) is 5.92. The smallest absolute Gasteiger partial charge is 0.238 e. The molecule has 2 aliphatic heterocycles. The molecule has 2 bridgehead atoms. The van der Waals surface area contributed by atoms with Crippen LogP contribution in [0.3, 0.4) is 0 Å². The molecule has 4 amide bonds. The highest BCUT2D eigenvalue weighted by molar-refractivity contribution is 6.31. The summed E-state index contributed by atoms with van der Waals surface area (Å²) >= 11 is 11.9. The molecule has 6 nitrogen and oxygen atoms in total. The van der Waals surface area contributed by atoms with Crippen molar-refractivity contribution in [1.29, 1.82) is 0 Å². The number of rotatable bonds is 2. The molecule has 3 aliphatic carbocycles. The first-order valence-corrected chi connectivity index (χ1v) is 11.1. The lowest BCUT2D eigenvalue weighted by atomic mass is 9.54. The standard InChI is InChI=1S/C24H16Cl2N2O4/c25-11-1-5-13(6-2-11)27-21(29)17-15-9-10-16(18(17)22(27)30)20-19(15)23(31)28(24(20)32)14-7-3-12(26)4-8-14/h1-10,15-20H/t15?,16?,17-,18-,19-,20-/m1/s1. The average molecular weight is 467 g/mol. The average Bonchev–Trinajstić information content (AvgIpc) is 3.23. The summed E-state index contributed by atoms with van der Waals surface area (Å²) in [4.78, 5) is 56.0. The van der Waals surface area contributed by atoms with Crippen molar-refractivity contribution in [3.05, 3.63) is 70.7 Å². The van der Waals surface area contributed by atoms with Crippen molar-refractivity contribution in [3.8, 4) is 0 Å². The van der Waals surface area contributed by atoms with Crippen LogP contribution in [0.2, 0.25) is 10.0 Å². The molecule has 2 aromatic rings. The maximum absolute atomic E-state index is 13.4. The van der Waals surface area contributed by atoms with E-state index in [1.807, 2.05) is 12.2 Å². The van der Waals surface area contributed by atoms with E-state index in [2.05, 4.69) is 0 Å². The van der Waals surface area contributed by atoms with Crippen LogP contribution in [0.15, 0.2) is 60.7 Å². The van der Waals surface area contributed by atoms with E-state index in [1.165, 1.54) is 9.80 Å². The molecule has 2 saturated heterocycles. The Labute approximate surface area is 193 Å². The molecular weight excluding hydrogens is 451 g/mol. The number of anilines is 2. The van der Waals surface area contributed by atoms with Crippen LogP contribution in [0.1, 0.15) is 0 Å². The SMILES string of the molecule is O=C1[C@@H]2C3C=CC([C@H]2C(=O)N1c1ccc(Cl)cc1)[C@H]1C(=O)N(c2ccc(Cl)cc2)C(=O)[C@H]31. The minimum atomic E-state index is -0.656. The number of imide groups is 2. The zero-order valence-electron chi connectivity index (χ0n) is 16.5. The molecule has 1 saturated carbocycles. The third kappa shape index (κ3) is 2.48. The number of carbonyl (C=O) groups is 4. The van der Waals surface area contributed by atoms with Crippen LogP contribution in [0.5, 0.6) is 0 Å². The van der Waals surface area contributed by atoms with E-state index < -0.39 is 35.5 Å². The molecule has 5 aliphatic rings. The van der Waals surface area contributed by atoms with Gasteiger partial charge in [-0.1, -0.05) is 35.4 Å². The van der Waals surface area contributed by atoms with Gasteiger partial charge in [-0.05, 0) is 48.5 Å². The first-order valence-electron chi connectivity index (χ1n) is 10.3. The monoisotopic (exact) mass is 466 g/mol. The van der Waals surface area contributed by atoms with Crippen molar-refractivity contribution < 1.29 is 19.2 Å². The van der Waals surface area contributed by atoms with Crippen LogP contribution in [-0.4, -0.2) is 23.6 Å². The van der Waals surface area contributed by atoms with Crippen molar-refractivity contribution >= 4 is 58.2 Å². The minimum Gasteiger partial charge on any atom is -0.274 e. The Balaban J connectivity index is 1.39. The molecule has 7 rings (SSSR count). The zero-order valence-corrected chi connectivity index (χ0v) is 18.0. The maximum Gasteiger partial charge on any atom is 0.238 e. The van der Waals surface area contributed by atoms with Crippen molar-refractivity contribution in [1.82, 2.24) is 0 Å². The van der Waals surface area contributed by atoms with Gasteiger partial charge in [-0.3, -0.25) is 29.0 Å². The molecule has 2 heterocycles. The van der Waals surface area contributed by atoms with Crippen molar-refractivity contribution in [2.75, 3.05) is 9.80 Å². The molecule has 8 heteroatoms. The largest absolute Gasteiger partial charge is 0.274 e. The summed E-state index contributed by atoms with van der Waals surface area (Å²) in [5, 5.41) is 1.00. The van der Waals surface area contributed by atoms with Gasteiger partial charge < -0.3 is 0 Å². The normalized spacial score (nSPS) is 32.7. The number of nitrogens with zero attached hydrogens (tertiary/aromatic N) is 2. The van der Waals surface area contributed by atoms with E-state index in [-0.39, 0.29) is 23.6 Å². The third-order valence-electron chi connectivity index (χ3n) is 7.18. The number of amides is 4. The lowest BCUT2D eigenvalue weighted by Gasteiger charge is -2.44. The Morgan fingerprint density at radius 2 is 0.781 bits per heavy atom. The zero-order chi connectivity index (χ0) is 22.3. The Kier molecular flexibility index (Phi) is 4.17. The molecule has 3 fully saturated rings. The van der Waals surface area contributed by atoms with E-state index in [4.69, 9.17) is 23.2 Å². The van der Waals surface area contributed by atoms with Gasteiger partial charge in [-0.15, -0.1) is 0 Å². The van der Waals surface area contributed by atoms with E-state index in [9.17, 15) is 19.2 Å². The van der Waals surface area contributed by atoms with Gasteiger partial charge in [0.2, 0.25) is 23.6 Å². The van der Waals surface area contributed by atoms with Crippen molar-refractivity contribution in [2.45, 2.75) is 0 Å². The van der Waals surface area contributed by atoms with Crippen LogP contribution < -0.4 is 9.80 Å². The number of benzene rings is 2. The Bertz CT molecular complexity index is 1080. The van der Waals surface area contributed by atoms with E-state index >= 15 is 0 Å². The molecule has 2 aromatic carbocycles. The third-order valence-corrected chi connectivity index (χ3v) is 7.68. The second-order valence-electron chi connectivity index (χ2n) is 8.62. The fourth-order valence-corrected chi connectivity index (χ4v) is 6.17. The van der Waals surface area contributed by atoms with Gasteiger partial charge in [0.15, 0.2) is 0 Å². The quantitative estimate of drug-likeness (QED) is 0.499. The molecule has 0 spiro atoms. The summed E-state index contributed by atoms with van der Waals surface area (Å²) in [7, 11) is 0. The van der Waals surface area contributed by atoms with Crippen LogP contribution in [0.25, 0.3) is 0 Å². The first-order chi connectivity index (χ1) is 15.4. The highest BCUT2D eigenvalue weighted by atomic mass is 35.5. The molecule has 160 valence electrons. The predicted octanol–water partition coefficient (Wildman–Crippen LogP) is 3.72. The minimum absolute atomic E-state index is 0.328. The molecule has 4 atom stereocenters. The summed E-state index contributed by atoms with van der Waals surface area (Å²) in [5.74, 6) is -4.94. The molecule has 0 radical (unpaired) electrons. The fraction of sp³-hybridized carbons (Fsp3) is 0.250.